The van der Waals surface area contributed by atoms with Crippen LogP contribution in [0, 0.1) is 24.0 Å². The molecule has 3 aromatic rings. The topological polar surface area (TPSA) is 139 Å². The van der Waals surface area contributed by atoms with E-state index >= 15 is 0 Å². The lowest BCUT2D eigenvalue weighted by molar-refractivity contribution is -0.385. The quantitative estimate of drug-likeness (QED) is 0.328. The molecule has 34 heavy (non-hydrogen) atoms. The van der Waals surface area contributed by atoms with E-state index in [0.29, 0.717) is 17.1 Å². The van der Waals surface area contributed by atoms with Crippen LogP contribution in [-0.2, 0) is 15.1 Å². The van der Waals surface area contributed by atoms with E-state index in [0.717, 1.165) is 10.6 Å². The van der Waals surface area contributed by atoms with Crippen molar-refractivity contribution in [1.82, 2.24) is 20.0 Å². The number of imide groups is 1. The number of nitrogens with zero attached hydrogens (tertiary/aromatic N) is 4. The molecule has 2 N–H and O–H groups in total. The number of amides is 4. The molecule has 1 aromatic heterocycles. The number of anilines is 1. The van der Waals surface area contributed by atoms with Crippen molar-refractivity contribution in [3.8, 4) is 5.69 Å². The number of aromatic nitrogens is 2. The van der Waals surface area contributed by atoms with Crippen LogP contribution in [0.15, 0.2) is 54.6 Å². The number of hydrogen-bond donors (Lipinski definition) is 2. The van der Waals surface area contributed by atoms with Gasteiger partial charge in [0.25, 0.3) is 11.6 Å². The summed E-state index contributed by atoms with van der Waals surface area (Å²) in [6, 6.07) is 14.1. The Balaban J connectivity index is 1.53. The number of carbonyl (C=O) groups is 3. The minimum absolute atomic E-state index is 0.210. The van der Waals surface area contributed by atoms with Gasteiger partial charge in [0.2, 0.25) is 5.91 Å². The molecule has 1 aliphatic heterocycles. The van der Waals surface area contributed by atoms with Crippen molar-refractivity contribution in [3.63, 3.8) is 0 Å². The molecule has 1 aliphatic rings. The Morgan fingerprint density at radius 2 is 1.85 bits per heavy atom. The summed E-state index contributed by atoms with van der Waals surface area (Å²) in [6.07, 6.45) is 0. The van der Waals surface area contributed by atoms with Crippen molar-refractivity contribution in [1.29, 1.82) is 0 Å². The second-order valence-electron chi connectivity index (χ2n) is 8.10. The molecule has 0 bridgehead atoms. The molecule has 0 saturated carbocycles. The number of nitro groups is 1. The first-order valence-corrected chi connectivity index (χ1v) is 10.4. The lowest BCUT2D eigenvalue weighted by atomic mass is 9.91. The van der Waals surface area contributed by atoms with E-state index in [1.807, 2.05) is 30.3 Å². The third-order valence-electron chi connectivity index (χ3n) is 5.77. The van der Waals surface area contributed by atoms with E-state index < -0.39 is 34.9 Å². The Bertz CT molecular complexity index is 1320. The van der Waals surface area contributed by atoms with Gasteiger partial charge in [0, 0.05) is 12.1 Å². The maximum absolute atomic E-state index is 13.1. The van der Waals surface area contributed by atoms with Gasteiger partial charge in [-0.05, 0) is 38.5 Å². The minimum Gasteiger partial charge on any atom is -0.321 e. The summed E-state index contributed by atoms with van der Waals surface area (Å²) in [5.41, 5.74) is 1.09. The first kappa shape index (κ1) is 22.6. The van der Waals surface area contributed by atoms with Gasteiger partial charge in [-0.1, -0.05) is 30.3 Å². The number of urea groups is 1. The number of rotatable bonds is 6. The highest BCUT2D eigenvalue weighted by molar-refractivity contribution is 6.10. The van der Waals surface area contributed by atoms with Gasteiger partial charge in [-0.25, -0.2) is 9.48 Å². The summed E-state index contributed by atoms with van der Waals surface area (Å²) in [4.78, 5) is 49.8. The van der Waals surface area contributed by atoms with E-state index in [-0.39, 0.29) is 11.3 Å². The first-order chi connectivity index (χ1) is 16.1. The second kappa shape index (κ2) is 8.43. The van der Waals surface area contributed by atoms with E-state index in [4.69, 9.17) is 0 Å². The van der Waals surface area contributed by atoms with Crippen LogP contribution in [0.2, 0.25) is 0 Å². The highest BCUT2D eigenvalue weighted by Crippen LogP contribution is 2.31. The van der Waals surface area contributed by atoms with Crippen molar-refractivity contribution in [2.24, 2.45) is 0 Å². The largest absolute Gasteiger partial charge is 0.325 e. The van der Waals surface area contributed by atoms with Crippen LogP contribution in [-0.4, -0.2) is 44.0 Å². The average molecular weight is 462 g/mol. The summed E-state index contributed by atoms with van der Waals surface area (Å²) in [5.74, 6) is -1.26. The van der Waals surface area contributed by atoms with Crippen LogP contribution in [0.5, 0.6) is 0 Å². The molecular weight excluding hydrogens is 440 g/mol. The zero-order valence-corrected chi connectivity index (χ0v) is 18.7. The van der Waals surface area contributed by atoms with Crippen molar-refractivity contribution in [3.05, 3.63) is 81.7 Å². The van der Waals surface area contributed by atoms with Gasteiger partial charge >= 0.3 is 6.03 Å². The highest BCUT2D eigenvalue weighted by atomic mass is 16.6. The maximum atomic E-state index is 13.1. The molecule has 0 radical (unpaired) electrons. The third-order valence-corrected chi connectivity index (χ3v) is 5.77. The molecule has 1 unspecified atom stereocenters. The molecule has 4 rings (SSSR count). The molecule has 0 spiro atoms. The van der Waals surface area contributed by atoms with Gasteiger partial charge in [-0.2, -0.15) is 5.10 Å². The fraction of sp³-hybridized carbons (Fsp3) is 0.217. The number of para-hydroxylation sites is 1. The molecule has 1 atom stereocenters. The molecule has 1 saturated heterocycles. The van der Waals surface area contributed by atoms with E-state index in [1.54, 1.807) is 18.5 Å². The van der Waals surface area contributed by atoms with E-state index in [1.165, 1.54) is 31.2 Å². The van der Waals surface area contributed by atoms with Crippen LogP contribution >= 0.6 is 0 Å². The van der Waals surface area contributed by atoms with Gasteiger partial charge in [0.05, 0.1) is 27.7 Å². The second-order valence-corrected chi connectivity index (χ2v) is 8.10. The van der Waals surface area contributed by atoms with Gasteiger partial charge in [0.15, 0.2) is 0 Å². The highest BCUT2D eigenvalue weighted by Gasteiger charge is 2.49. The smallest absolute Gasteiger partial charge is 0.321 e. The van der Waals surface area contributed by atoms with Gasteiger partial charge in [-0.3, -0.25) is 24.6 Å². The summed E-state index contributed by atoms with van der Waals surface area (Å²) < 4.78 is 1.69. The van der Waals surface area contributed by atoms with Crippen LogP contribution in [0.4, 0.5) is 16.2 Å². The van der Waals surface area contributed by atoms with E-state index in [2.05, 4.69) is 15.7 Å². The SMILES string of the molecule is Cc1nn(-c2ccccc2)c(C)c1NC(=O)CN1C(=O)NC(C)(c2cccc([N+](=O)[O-])c2)C1=O. The summed E-state index contributed by atoms with van der Waals surface area (Å²) in [6.45, 7) is 4.47. The Morgan fingerprint density at radius 1 is 1.15 bits per heavy atom. The number of non-ortho nitro benzene ring substituents is 1. The molecule has 4 amide bonds. The standard InChI is InChI=1S/C23H22N6O5/c1-14-20(15(2)28(26-14)17-9-5-4-6-10-17)24-19(30)13-27-21(31)23(3,25-22(27)32)16-8-7-11-18(12-16)29(33)34/h4-12H,13H2,1-3H3,(H,24,30)(H,25,32). The number of benzene rings is 2. The molecule has 1 fully saturated rings. The van der Waals surface area contributed by atoms with Crippen molar-refractivity contribution in [2.75, 3.05) is 11.9 Å². The summed E-state index contributed by atoms with van der Waals surface area (Å²) >= 11 is 0. The Hall–Kier alpha value is -4.54. The van der Waals surface area contributed by atoms with Crippen molar-refractivity contribution >= 4 is 29.2 Å². The molecule has 0 aliphatic carbocycles. The summed E-state index contributed by atoms with van der Waals surface area (Å²) in [5, 5.41) is 20.9. The predicted molar refractivity (Wildman–Crippen MR) is 122 cm³/mol. The van der Waals surface area contributed by atoms with Gasteiger partial charge in [-0.15, -0.1) is 0 Å². The van der Waals surface area contributed by atoms with Gasteiger partial charge in [0.1, 0.15) is 12.1 Å². The van der Waals surface area contributed by atoms with Crippen LogP contribution in [0.25, 0.3) is 5.69 Å². The fourth-order valence-corrected chi connectivity index (χ4v) is 3.93. The zero-order chi connectivity index (χ0) is 24.6. The third kappa shape index (κ3) is 3.87. The Morgan fingerprint density at radius 3 is 2.53 bits per heavy atom. The normalized spacial score (nSPS) is 17.6. The number of carbonyl (C=O) groups excluding carboxylic acids is 3. The molecule has 174 valence electrons. The first-order valence-electron chi connectivity index (χ1n) is 10.4. The Kier molecular flexibility index (Phi) is 5.61. The monoisotopic (exact) mass is 462 g/mol. The number of nitro benzene ring substituents is 1. The molecular formula is C23H22N6O5. The summed E-state index contributed by atoms with van der Waals surface area (Å²) in [7, 11) is 0. The number of hydrogen-bond acceptors (Lipinski definition) is 6. The fourth-order valence-electron chi connectivity index (χ4n) is 3.93. The lowest BCUT2D eigenvalue weighted by Gasteiger charge is -2.22. The van der Waals surface area contributed by atoms with E-state index in [9.17, 15) is 24.5 Å². The molecule has 11 nitrogen and oxygen atoms in total. The van der Waals surface area contributed by atoms with Crippen LogP contribution in [0.3, 0.4) is 0 Å². The number of nitrogens with one attached hydrogen (secondary N) is 2. The lowest BCUT2D eigenvalue weighted by Crippen LogP contribution is -2.42. The predicted octanol–water partition coefficient (Wildman–Crippen LogP) is 2.80. The minimum atomic E-state index is -1.53. The maximum Gasteiger partial charge on any atom is 0.325 e. The molecule has 11 heteroatoms. The average Bonchev–Trinajstić information content (AvgIpc) is 3.22. The number of aryl methyl sites for hydroxylation is 1. The van der Waals surface area contributed by atoms with Crippen LogP contribution < -0.4 is 10.6 Å². The molecule has 2 aromatic carbocycles. The van der Waals surface area contributed by atoms with Gasteiger partial charge < -0.3 is 10.6 Å². The van der Waals surface area contributed by atoms with Crippen molar-refractivity contribution < 1.29 is 19.3 Å². The Labute approximate surface area is 194 Å². The zero-order valence-electron chi connectivity index (χ0n) is 18.7. The molecule has 2 heterocycles. The van der Waals surface area contributed by atoms with Crippen LogP contribution in [0.1, 0.15) is 23.9 Å². The van der Waals surface area contributed by atoms with Crippen molar-refractivity contribution in [2.45, 2.75) is 26.3 Å².